The van der Waals surface area contributed by atoms with E-state index >= 15 is 0 Å². The Labute approximate surface area is 85.0 Å². The van der Waals surface area contributed by atoms with Gasteiger partial charge in [-0.15, -0.1) is 0 Å². The molecule has 0 aromatic carbocycles. The van der Waals surface area contributed by atoms with Crippen molar-refractivity contribution in [3.05, 3.63) is 23.8 Å². The molecule has 2 rings (SSSR count). The Morgan fingerprint density at radius 1 is 1.14 bits per heavy atom. The Balaban J connectivity index is 1.99. The second-order valence-corrected chi connectivity index (χ2v) is 4.46. The summed E-state index contributed by atoms with van der Waals surface area (Å²) in [6.45, 7) is 0. The number of aliphatic hydroxyl groups is 2. The van der Waals surface area contributed by atoms with Crippen LogP contribution in [0.2, 0.25) is 0 Å². The lowest BCUT2D eigenvalue weighted by Crippen LogP contribution is -2.26. The minimum atomic E-state index is -1.60. The van der Waals surface area contributed by atoms with E-state index in [4.69, 9.17) is 0 Å². The number of allylic oxidation sites excluding steroid dienone is 2. The molecule has 2 N–H and O–H groups in total. The molecule has 0 radical (unpaired) electrons. The maximum Gasteiger partial charge on any atom is 0.186 e. The molecule has 0 heterocycles. The lowest BCUT2D eigenvalue weighted by molar-refractivity contribution is -0.115. The zero-order valence-corrected chi connectivity index (χ0v) is 8.45. The first kappa shape index (κ1) is 9.94. The van der Waals surface area contributed by atoms with Crippen molar-refractivity contribution in [2.45, 2.75) is 44.3 Å². The third-order valence-electron chi connectivity index (χ3n) is 3.26. The number of hydrogen-bond donors (Lipinski definition) is 2. The molecule has 0 aromatic heterocycles. The molecule has 0 aromatic rings. The summed E-state index contributed by atoms with van der Waals surface area (Å²) < 4.78 is 0. The second kappa shape index (κ2) is 3.87. The molecule has 0 bridgehead atoms. The van der Waals surface area contributed by atoms with Crippen LogP contribution in [-0.4, -0.2) is 16.0 Å². The normalized spacial score (nSPS) is 27.4. The summed E-state index contributed by atoms with van der Waals surface area (Å²) >= 11 is 0. The molecule has 2 nitrogen and oxygen atoms in total. The smallest absolute Gasteiger partial charge is 0.186 e. The van der Waals surface area contributed by atoms with Gasteiger partial charge in [0.05, 0.1) is 0 Å². The largest absolute Gasteiger partial charge is 0.362 e. The topological polar surface area (TPSA) is 40.5 Å². The summed E-state index contributed by atoms with van der Waals surface area (Å²) in [5.41, 5.74) is 1.31. The van der Waals surface area contributed by atoms with Gasteiger partial charge in [-0.1, -0.05) is 31.4 Å². The fourth-order valence-electron chi connectivity index (χ4n) is 2.37. The van der Waals surface area contributed by atoms with Gasteiger partial charge in [0, 0.05) is 6.42 Å². The van der Waals surface area contributed by atoms with E-state index in [2.05, 4.69) is 0 Å². The Morgan fingerprint density at radius 3 is 2.43 bits per heavy atom. The van der Waals surface area contributed by atoms with Crippen LogP contribution in [0.25, 0.3) is 0 Å². The van der Waals surface area contributed by atoms with Gasteiger partial charge in [0.1, 0.15) is 0 Å². The predicted molar refractivity (Wildman–Crippen MR) is 55.6 cm³/mol. The van der Waals surface area contributed by atoms with E-state index in [9.17, 15) is 10.2 Å². The molecular formula is C12H18O2. The third-order valence-corrected chi connectivity index (χ3v) is 3.26. The molecule has 0 spiro atoms. The molecule has 0 aliphatic heterocycles. The van der Waals surface area contributed by atoms with Crippen molar-refractivity contribution in [3.8, 4) is 0 Å². The van der Waals surface area contributed by atoms with E-state index in [1.807, 2.05) is 12.2 Å². The minimum absolute atomic E-state index is 0.343. The molecule has 2 aliphatic carbocycles. The molecular weight excluding hydrogens is 176 g/mol. The molecule has 1 saturated carbocycles. The van der Waals surface area contributed by atoms with E-state index in [1.54, 1.807) is 0 Å². The highest BCUT2D eigenvalue weighted by Crippen LogP contribution is 2.33. The van der Waals surface area contributed by atoms with Crippen molar-refractivity contribution in [1.82, 2.24) is 0 Å². The van der Waals surface area contributed by atoms with Crippen LogP contribution in [-0.2, 0) is 0 Å². The van der Waals surface area contributed by atoms with Crippen molar-refractivity contribution < 1.29 is 10.2 Å². The van der Waals surface area contributed by atoms with Gasteiger partial charge in [0.2, 0.25) is 0 Å². The Kier molecular flexibility index (Phi) is 2.75. The van der Waals surface area contributed by atoms with E-state index in [-0.39, 0.29) is 0 Å². The first-order chi connectivity index (χ1) is 6.67. The monoisotopic (exact) mass is 194 g/mol. The standard InChI is InChI=1S/C12H18O2/c13-12(14)8-6-11(7-9-12)10-4-2-1-3-5-10/h6-8,10,13-14H,1-5,9H2. The molecule has 0 atom stereocenters. The Morgan fingerprint density at radius 2 is 1.86 bits per heavy atom. The highest BCUT2D eigenvalue weighted by atomic mass is 16.5. The van der Waals surface area contributed by atoms with E-state index in [0.717, 1.165) is 0 Å². The minimum Gasteiger partial charge on any atom is -0.362 e. The van der Waals surface area contributed by atoms with E-state index in [0.29, 0.717) is 12.3 Å². The zero-order chi connectivity index (χ0) is 10.0. The van der Waals surface area contributed by atoms with E-state index in [1.165, 1.54) is 43.8 Å². The van der Waals surface area contributed by atoms with Gasteiger partial charge in [-0.3, -0.25) is 0 Å². The summed E-state index contributed by atoms with van der Waals surface area (Å²) in [6, 6.07) is 0. The summed E-state index contributed by atoms with van der Waals surface area (Å²) in [6.07, 6.45) is 12.2. The highest BCUT2D eigenvalue weighted by Gasteiger charge is 2.24. The SMILES string of the molecule is OC1(O)C=CC(C2CCCCC2)=CC1. The molecule has 0 unspecified atom stereocenters. The summed E-state index contributed by atoms with van der Waals surface area (Å²) in [5.74, 6) is -0.936. The maximum atomic E-state index is 9.31. The summed E-state index contributed by atoms with van der Waals surface area (Å²) in [5, 5.41) is 18.6. The van der Waals surface area contributed by atoms with Crippen molar-refractivity contribution in [2.75, 3.05) is 0 Å². The van der Waals surface area contributed by atoms with Gasteiger partial charge in [-0.05, 0) is 30.4 Å². The van der Waals surface area contributed by atoms with Crippen LogP contribution in [0.4, 0.5) is 0 Å². The van der Waals surface area contributed by atoms with Gasteiger partial charge in [-0.25, -0.2) is 0 Å². The maximum absolute atomic E-state index is 9.31. The van der Waals surface area contributed by atoms with Crippen LogP contribution < -0.4 is 0 Å². The van der Waals surface area contributed by atoms with Crippen molar-refractivity contribution in [3.63, 3.8) is 0 Å². The lowest BCUT2D eigenvalue weighted by atomic mass is 9.81. The van der Waals surface area contributed by atoms with Crippen LogP contribution in [0.15, 0.2) is 23.8 Å². The average Bonchev–Trinajstić information content (AvgIpc) is 2.19. The third kappa shape index (κ3) is 2.25. The molecule has 14 heavy (non-hydrogen) atoms. The van der Waals surface area contributed by atoms with Crippen molar-refractivity contribution in [1.29, 1.82) is 0 Å². The van der Waals surface area contributed by atoms with Crippen LogP contribution in [0.3, 0.4) is 0 Å². The highest BCUT2D eigenvalue weighted by molar-refractivity contribution is 5.28. The van der Waals surface area contributed by atoms with Crippen molar-refractivity contribution >= 4 is 0 Å². The average molecular weight is 194 g/mol. The molecule has 78 valence electrons. The number of rotatable bonds is 1. The molecule has 0 amide bonds. The lowest BCUT2D eigenvalue weighted by Gasteiger charge is -2.27. The summed E-state index contributed by atoms with van der Waals surface area (Å²) in [7, 11) is 0. The summed E-state index contributed by atoms with van der Waals surface area (Å²) in [4.78, 5) is 0. The van der Waals surface area contributed by atoms with Crippen LogP contribution >= 0.6 is 0 Å². The van der Waals surface area contributed by atoms with Gasteiger partial charge < -0.3 is 10.2 Å². The van der Waals surface area contributed by atoms with E-state index < -0.39 is 5.79 Å². The first-order valence-electron chi connectivity index (χ1n) is 5.51. The fraction of sp³-hybridized carbons (Fsp3) is 0.667. The predicted octanol–water partition coefficient (Wildman–Crippen LogP) is 2.13. The van der Waals surface area contributed by atoms with Gasteiger partial charge in [0.15, 0.2) is 5.79 Å². The second-order valence-electron chi connectivity index (χ2n) is 4.46. The quantitative estimate of drug-likeness (QED) is 0.628. The van der Waals surface area contributed by atoms with Crippen LogP contribution in [0.1, 0.15) is 38.5 Å². The van der Waals surface area contributed by atoms with Gasteiger partial charge in [-0.2, -0.15) is 0 Å². The van der Waals surface area contributed by atoms with Gasteiger partial charge in [0.25, 0.3) is 0 Å². The Hall–Kier alpha value is -0.600. The zero-order valence-electron chi connectivity index (χ0n) is 8.45. The molecule has 2 aliphatic rings. The molecule has 0 saturated heterocycles. The van der Waals surface area contributed by atoms with Crippen LogP contribution in [0, 0.1) is 5.92 Å². The Bertz CT molecular complexity index is 257. The number of hydrogen-bond acceptors (Lipinski definition) is 2. The van der Waals surface area contributed by atoms with Gasteiger partial charge >= 0.3 is 0 Å². The first-order valence-corrected chi connectivity index (χ1v) is 5.51. The molecule has 1 fully saturated rings. The van der Waals surface area contributed by atoms with Crippen molar-refractivity contribution in [2.24, 2.45) is 5.92 Å². The fourth-order valence-corrected chi connectivity index (χ4v) is 2.37. The van der Waals surface area contributed by atoms with Crippen LogP contribution in [0.5, 0.6) is 0 Å². The molecule has 2 heteroatoms.